The largest absolute Gasteiger partial charge is 0.478 e. The first-order valence-corrected chi connectivity index (χ1v) is 6.54. The van der Waals surface area contributed by atoms with Crippen LogP contribution in [-0.4, -0.2) is 11.1 Å². The molecule has 0 aromatic heterocycles. The number of carboxylic acid groups (broad SMARTS) is 1. The topological polar surface area (TPSA) is 75.3 Å². The molecule has 104 valence electrons. The Morgan fingerprint density at radius 1 is 1.20 bits per heavy atom. The van der Waals surface area contributed by atoms with Crippen LogP contribution in [-0.2, 0) is 6.54 Å². The Morgan fingerprint density at radius 3 is 2.55 bits per heavy atom. The van der Waals surface area contributed by atoms with Crippen LogP contribution in [0, 0.1) is 0 Å². The van der Waals surface area contributed by atoms with Crippen LogP contribution < -0.4 is 11.1 Å². The molecule has 0 aliphatic carbocycles. The second-order valence-corrected chi connectivity index (χ2v) is 4.99. The number of hydrogen-bond donors (Lipinski definition) is 3. The van der Waals surface area contributed by atoms with E-state index >= 15 is 0 Å². The van der Waals surface area contributed by atoms with Crippen LogP contribution in [0.5, 0.6) is 0 Å². The number of anilines is 2. The Hall–Kier alpha value is -1.91. The highest BCUT2D eigenvalue weighted by Gasteiger charge is 2.15. The van der Waals surface area contributed by atoms with Crippen molar-refractivity contribution >= 4 is 40.5 Å². The van der Waals surface area contributed by atoms with Gasteiger partial charge in [-0.15, -0.1) is 0 Å². The van der Waals surface area contributed by atoms with Crippen LogP contribution in [0.25, 0.3) is 0 Å². The fourth-order valence-corrected chi connectivity index (χ4v) is 2.30. The van der Waals surface area contributed by atoms with Crippen molar-refractivity contribution in [3.63, 3.8) is 0 Å². The van der Waals surface area contributed by atoms with Crippen molar-refractivity contribution in [2.45, 2.75) is 6.54 Å². The number of carboxylic acids is 1. The minimum atomic E-state index is -1.10. The third-order valence-corrected chi connectivity index (χ3v) is 3.42. The fraction of sp³-hybridized carbons (Fsp3) is 0.0714. The van der Waals surface area contributed by atoms with Crippen molar-refractivity contribution in [1.82, 2.24) is 0 Å². The third-order valence-electron chi connectivity index (χ3n) is 2.76. The quantitative estimate of drug-likeness (QED) is 0.749. The lowest BCUT2D eigenvalue weighted by atomic mass is 10.1. The third kappa shape index (κ3) is 3.15. The number of benzene rings is 2. The SMILES string of the molecule is Nc1cc(Cl)c(NCc2ccccc2Cl)c(C(=O)O)c1. The Balaban J connectivity index is 2.30. The molecule has 20 heavy (non-hydrogen) atoms. The highest BCUT2D eigenvalue weighted by atomic mass is 35.5. The molecule has 0 saturated heterocycles. The molecule has 0 amide bonds. The molecule has 0 bridgehead atoms. The number of aromatic carboxylic acids is 1. The summed E-state index contributed by atoms with van der Waals surface area (Å²) >= 11 is 12.1. The molecule has 0 unspecified atom stereocenters. The maximum atomic E-state index is 11.2. The zero-order valence-corrected chi connectivity index (χ0v) is 11.9. The molecule has 2 aromatic rings. The lowest BCUT2D eigenvalue weighted by Gasteiger charge is -2.13. The molecular weight excluding hydrogens is 299 g/mol. The highest BCUT2D eigenvalue weighted by molar-refractivity contribution is 6.34. The van der Waals surface area contributed by atoms with Crippen molar-refractivity contribution in [3.8, 4) is 0 Å². The molecule has 0 radical (unpaired) electrons. The zero-order valence-electron chi connectivity index (χ0n) is 10.4. The summed E-state index contributed by atoms with van der Waals surface area (Å²) in [6.07, 6.45) is 0. The van der Waals surface area contributed by atoms with Crippen LogP contribution in [0.1, 0.15) is 15.9 Å². The average molecular weight is 311 g/mol. The number of nitrogens with two attached hydrogens (primary N) is 1. The molecule has 2 aromatic carbocycles. The summed E-state index contributed by atoms with van der Waals surface area (Å²) in [7, 11) is 0. The van der Waals surface area contributed by atoms with Crippen molar-refractivity contribution < 1.29 is 9.90 Å². The molecule has 4 nitrogen and oxygen atoms in total. The lowest BCUT2D eigenvalue weighted by Crippen LogP contribution is -2.08. The van der Waals surface area contributed by atoms with Gasteiger partial charge in [-0.25, -0.2) is 4.79 Å². The normalized spacial score (nSPS) is 10.3. The summed E-state index contributed by atoms with van der Waals surface area (Å²) in [5.74, 6) is -1.10. The van der Waals surface area contributed by atoms with Crippen LogP contribution in [0.15, 0.2) is 36.4 Å². The van der Waals surface area contributed by atoms with E-state index < -0.39 is 5.97 Å². The summed E-state index contributed by atoms with van der Waals surface area (Å²) in [5, 5.41) is 13.0. The van der Waals surface area contributed by atoms with Gasteiger partial charge in [0, 0.05) is 17.3 Å². The molecule has 0 heterocycles. The summed E-state index contributed by atoms with van der Waals surface area (Å²) in [4.78, 5) is 11.2. The molecule has 0 atom stereocenters. The monoisotopic (exact) mass is 310 g/mol. The fourth-order valence-electron chi connectivity index (χ4n) is 1.80. The molecule has 0 aliphatic heterocycles. The van der Waals surface area contributed by atoms with Gasteiger partial charge in [0.05, 0.1) is 16.3 Å². The first kappa shape index (κ1) is 14.5. The van der Waals surface area contributed by atoms with E-state index in [9.17, 15) is 9.90 Å². The van der Waals surface area contributed by atoms with Crippen molar-refractivity contribution in [3.05, 3.63) is 57.6 Å². The Kier molecular flexibility index (Phi) is 4.37. The average Bonchev–Trinajstić information content (AvgIpc) is 2.38. The first-order valence-electron chi connectivity index (χ1n) is 5.78. The molecule has 2 rings (SSSR count). The van der Waals surface area contributed by atoms with Gasteiger partial charge < -0.3 is 16.2 Å². The second-order valence-electron chi connectivity index (χ2n) is 4.18. The number of hydrogen-bond acceptors (Lipinski definition) is 3. The predicted octanol–water partition coefficient (Wildman–Crippen LogP) is 3.89. The number of nitrogens with one attached hydrogen (secondary N) is 1. The van der Waals surface area contributed by atoms with Gasteiger partial charge in [-0.3, -0.25) is 0 Å². The van der Waals surface area contributed by atoms with E-state index in [0.717, 1.165) is 5.56 Å². The molecule has 0 fully saturated rings. The van der Waals surface area contributed by atoms with Gasteiger partial charge in [-0.2, -0.15) is 0 Å². The summed E-state index contributed by atoms with van der Waals surface area (Å²) in [6.45, 7) is 0.365. The lowest BCUT2D eigenvalue weighted by molar-refractivity contribution is 0.0698. The van der Waals surface area contributed by atoms with E-state index in [1.165, 1.54) is 12.1 Å². The van der Waals surface area contributed by atoms with Crippen LogP contribution >= 0.6 is 23.2 Å². The number of halogens is 2. The number of nitrogen functional groups attached to an aromatic ring is 1. The molecule has 6 heteroatoms. The van der Waals surface area contributed by atoms with Crippen molar-refractivity contribution in [1.29, 1.82) is 0 Å². The second kappa shape index (κ2) is 6.03. The first-order chi connectivity index (χ1) is 9.49. The van der Waals surface area contributed by atoms with Gasteiger partial charge in [-0.1, -0.05) is 41.4 Å². The van der Waals surface area contributed by atoms with Gasteiger partial charge in [0.1, 0.15) is 0 Å². The maximum Gasteiger partial charge on any atom is 0.337 e. The molecule has 0 aliphatic rings. The van der Waals surface area contributed by atoms with E-state index in [2.05, 4.69) is 5.32 Å². The summed E-state index contributed by atoms with van der Waals surface area (Å²) in [5.41, 5.74) is 7.10. The maximum absolute atomic E-state index is 11.2. The molecule has 0 spiro atoms. The minimum absolute atomic E-state index is 0.0297. The van der Waals surface area contributed by atoms with Crippen molar-refractivity contribution in [2.24, 2.45) is 0 Å². The number of carbonyl (C=O) groups is 1. The minimum Gasteiger partial charge on any atom is -0.478 e. The van der Waals surface area contributed by atoms with Gasteiger partial charge in [-0.05, 0) is 23.8 Å². The highest BCUT2D eigenvalue weighted by Crippen LogP contribution is 2.30. The Morgan fingerprint density at radius 2 is 1.90 bits per heavy atom. The molecule has 0 saturated carbocycles. The van der Waals surface area contributed by atoms with Crippen LogP contribution in [0.3, 0.4) is 0 Å². The van der Waals surface area contributed by atoms with E-state index in [1.54, 1.807) is 6.07 Å². The van der Waals surface area contributed by atoms with Gasteiger partial charge in [0.25, 0.3) is 0 Å². The van der Waals surface area contributed by atoms with Gasteiger partial charge in [0.15, 0.2) is 0 Å². The summed E-state index contributed by atoms with van der Waals surface area (Å²) in [6, 6.07) is 10.2. The Bertz CT molecular complexity index is 660. The molecule has 4 N–H and O–H groups in total. The smallest absolute Gasteiger partial charge is 0.337 e. The van der Waals surface area contributed by atoms with Crippen LogP contribution in [0.2, 0.25) is 10.0 Å². The van der Waals surface area contributed by atoms with E-state index in [1.807, 2.05) is 18.2 Å². The molecular formula is C14H12Cl2N2O2. The van der Waals surface area contributed by atoms with Gasteiger partial charge >= 0.3 is 5.97 Å². The standard InChI is InChI=1S/C14H12Cl2N2O2/c15-11-4-2-1-3-8(11)7-18-13-10(14(19)20)5-9(17)6-12(13)16/h1-6,18H,7,17H2,(H,19,20). The van der Waals surface area contributed by atoms with Gasteiger partial charge in [0.2, 0.25) is 0 Å². The van der Waals surface area contributed by atoms with Crippen LogP contribution in [0.4, 0.5) is 11.4 Å². The predicted molar refractivity (Wildman–Crippen MR) is 81.6 cm³/mol. The van der Waals surface area contributed by atoms with E-state index in [0.29, 0.717) is 22.9 Å². The van der Waals surface area contributed by atoms with Crippen molar-refractivity contribution in [2.75, 3.05) is 11.1 Å². The van der Waals surface area contributed by atoms with E-state index in [4.69, 9.17) is 28.9 Å². The Labute approximate surface area is 126 Å². The number of rotatable bonds is 4. The zero-order chi connectivity index (χ0) is 14.7. The van der Waals surface area contributed by atoms with E-state index in [-0.39, 0.29) is 10.6 Å². The summed E-state index contributed by atoms with van der Waals surface area (Å²) < 4.78 is 0.